The Labute approximate surface area is 718 Å². The van der Waals surface area contributed by atoms with Crippen LogP contribution < -0.4 is 47.9 Å². The molecule has 0 rings (SSSR count). The molecule has 0 saturated heterocycles. The number of rotatable bonds is 85. The van der Waals surface area contributed by atoms with Crippen molar-refractivity contribution in [3.8, 4) is 0 Å². The predicted molar refractivity (Wildman–Crippen MR) is 484 cm³/mol. The molecule has 0 heterocycles. The molecule has 0 aromatic rings. The number of unbranched alkanes of at least 4 members (excludes halogenated alkanes) is 31. The van der Waals surface area contributed by atoms with E-state index in [-0.39, 0.29) is 37.6 Å². The average molecular weight is 1740 g/mol. The van der Waals surface area contributed by atoms with Gasteiger partial charge in [0.1, 0.15) is 0 Å². The molecule has 0 aliphatic rings. The van der Waals surface area contributed by atoms with Crippen molar-refractivity contribution in [2.24, 2.45) is 0 Å². The van der Waals surface area contributed by atoms with Crippen molar-refractivity contribution in [1.82, 2.24) is 47.9 Å². The Hall–Kier alpha value is -5.28. The minimum absolute atomic E-state index is 0.270. The lowest BCUT2D eigenvalue weighted by molar-refractivity contribution is 0.144. The van der Waals surface area contributed by atoms with Crippen molar-refractivity contribution in [3.05, 3.63) is 0 Å². The van der Waals surface area contributed by atoms with E-state index in [0.29, 0.717) is 137 Å². The van der Waals surface area contributed by atoms with Crippen molar-refractivity contribution in [2.45, 2.75) is 336 Å². The Morgan fingerprint density at radius 1 is 0.153 bits per heavy atom. The summed E-state index contributed by atoms with van der Waals surface area (Å²) in [7, 11) is -1.45. The van der Waals surface area contributed by atoms with Crippen LogP contribution in [0.2, 0.25) is 0 Å². The van der Waals surface area contributed by atoms with E-state index in [1.54, 1.807) is 0 Å². The SMILES string of the molecule is CCCCCCCCNC(=O)OCCCP(CCCOC(=O)NCCCCCCCC)CCCOC(=O)NCCCCCCNC(=O)OCCCP(CCCOC(=O)NCCCCCCCC)CCCOC(=O)NCCCCCCNC(=O)OCCCP(CCCOC(=O)NCCCCCCCC)CCCOC(=O)NCCCCCCCC. The molecule has 0 aliphatic heterocycles. The van der Waals surface area contributed by atoms with Crippen LogP contribution in [-0.2, 0) is 42.6 Å². The Kier molecular flexibility index (Phi) is 86.9. The molecule has 30 heteroatoms. The lowest BCUT2D eigenvalue weighted by atomic mass is 10.1. The van der Waals surface area contributed by atoms with E-state index in [1.807, 2.05) is 0 Å². The number of hydrogen-bond donors (Lipinski definition) is 9. The molecule has 27 nitrogen and oxygen atoms in total. The topological polar surface area (TPSA) is 345 Å². The van der Waals surface area contributed by atoms with Crippen LogP contribution in [0.5, 0.6) is 0 Å². The smallest absolute Gasteiger partial charge is 0.407 e. The zero-order chi connectivity index (χ0) is 86.0. The molecule has 9 N–H and O–H groups in total. The van der Waals surface area contributed by atoms with Crippen LogP contribution in [0.25, 0.3) is 0 Å². The largest absolute Gasteiger partial charge is 0.450 e. The number of hydrogen-bond acceptors (Lipinski definition) is 18. The van der Waals surface area contributed by atoms with Gasteiger partial charge in [-0.2, -0.15) is 0 Å². The second kappa shape index (κ2) is 90.9. The van der Waals surface area contributed by atoms with Crippen LogP contribution in [0.15, 0.2) is 0 Å². The summed E-state index contributed by atoms with van der Waals surface area (Å²) in [5.74, 6) is 0. The zero-order valence-corrected chi connectivity index (χ0v) is 77.7. The summed E-state index contributed by atoms with van der Waals surface area (Å²) >= 11 is 0. The minimum Gasteiger partial charge on any atom is -0.450 e. The number of carbonyl (C=O) groups is 9. The van der Waals surface area contributed by atoms with Crippen LogP contribution in [-0.4, -0.2) is 229 Å². The molecule has 118 heavy (non-hydrogen) atoms. The fraction of sp³-hybridized carbons (Fsp3) is 0.898. The minimum atomic E-state index is -0.524. The van der Waals surface area contributed by atoms with Crippen LogP contribution >= 0.6 is 23.8 Å². The van der Waals surface area contributed by atoms with Gasteiger partial charge in [-0.05, 0) is 171 Å². The Bertz CT molecular complexity index is 2140. The monoisotopic (exact) mass is 1740 g/mol. The molecule has 0 fully saturated rings. The summed E-state index contributed by atoms with van der Waals surface area (Å²) in [6.07, 6.45) is 51.7. The molecular weight excluding hydrogens is 1560 g/mol. The number of ether oxygens (including phenoxy) is 9. The Morgan fingerprint density at radius 2 is 0.254 bits per heavy atom. The van der Waals surface area contributed by atoms with E-state index < -0.39 is 54.2 Å². The molecule has 0 aliphatic carbocycles. The molecule has 0 unspecified atom stereocenters. The molecular formula is C88H172N9O18P3. The summed E-state index contributed by atoms with van der Waals surface area (Å²) in [6.45, 7) is 18.8. The van der Waals surface area contributed by atoms with Crippen LogP contribution in [0.4, 0.5) is 43.2 Å². The molecule has 0 spiro atoms. The van der Waals surface area contributed by atoms with Gasteiger partial charge in [-0.3, -0.25) is 0 Å². The first kappa shape index (κ1) is 113. The highest BCUT2D eigenvalue weighted by Crippen LogP contribution is 2.40. The molecule has 0 aromatic carbocycles. The normalized spacial score (nSPS) is 11.1. The van der Waals surface area contributed by atoms with Crippen LogP contribution in [0.1, 0.15) is 336 Å². The number of carbonyl (C=O) groups excluding carboxylic acids is 9. The molecule has 0 radical (unpaired) electrons. The average Bonchev–Trinajstić information content (AvgIpc) is 0.985. The predicted octanol–water partition coefficient (Wildman–Crippen LogP) is 21.4. The highest BCUT2D eigenvalue weighted by atomic mass is 31.1. The molecule has 0 saturated carbocycles. The highest BCUT2D eigenvalue weighted by Gasteiger charge is 2.17. The van der Waals surface area contributed by atoms with Crippen molar-refractivity contribution < 1.29 is 85.8 Å². The van der Waals surface area contributed by atoms with E-state index in [1.165, 1.54) is 128 Å². The van der Waals surface area contributed by atoms with Gasteiger partial charge >= 0.3 is 54.8 Å². The molecule has 0 bridgehead atoms. The van der Waals surface area contributed by atoms with Gasteiger partial charge in [0.2, 0.25) is 0 Å². The maximum Gasteiger partial charge on any atom is 0.407 e. The number of nitrogens with one attached hydrogen (secondary N) is 9. The molecule has 0 aromatic heterocycles. The molecule has 692 valence electrons. The maximum atomic E-state index is 12.6. The van der Waals surface area contributed by atoms with Crippen LogP contribution in [0.3, 0.4) is 0 Å². The fourth-order valence-corrected chi connectivity index (χ4v) is 20.2. The number of amides is 9. The summed E-state index contributed by atoms with van der Waals surface area (Å²) in [4.78, 5) is 112. The van der Waals surface area contributed by atoms with Gasteiger partial charge in [0, 0.05) is 58.9 Å². The summed E-state index contributed by atoms with van der Waals surface area (Å²) in [6, 6.07) is 0. The first-order valence-electron chi connectivity index (χ1n) is 47.1. The highest BCUT2D eigenvalue weighted by molar-refractivity contribution is 7.58. The van der Waals surface area contributed by atoms with Crippen molar-refractivity contribution >= 4 is 78.6 Å². The van der Waals surface area contributed by atoms with Gasteiger partial charge in [0.15, 0.2) is 0 Å². The third-order valence-electron chi connectivity index (χ3n) is 19.9. The Balaban J connectivity index is 4.77. The van der Waals surface area contributed by atoms with E-state index >= 15 is 0 Å². The zero-order valence-electron chi connectivity index (χ0n) is 75.0. The molecule has 0 atom stereocenters. The van der Waals surface area contributed by atoms with E-state index in [4.69, 9.17) is 42.6 Å². The van der Waals surface area contributed by atoms with Gasteiger partial charge in [-0.1, -0.05) is 221 Å². The van der Waals surface area contributed by atoms with E-state index in [0.717, 1.165) is 197 Å². The lowest BCUT2D eigenvalue weighted by Crippen LogP contribution is -2.26. The van der Waals surface area contributed by atoms with Crippen molar-refractivity contribution in [2.75, 3.05) is 174 Å². The first-order chi connectivity index (χ1) is 57.8. The summed E-state index contributed by atoms with van der Waals surface area (Å²) in [5, 5.41) is 25.7. The maximum absolute atomic E-state index is 12.6. The van der Waals surface area contributed by atoms with Crippen LogP contribution in [0, 0.1) is 0 Å². The van der Waals surface area contributed by atoms with Gasteiger partial charge in [-0.15, -0.1) is 23.8 Å². The second-order valence-corrected chi connectivity index (χ2v) is 39.0. The van der Waals surface area contributed by atoms with Gasteiger partial charge < -0.3 is 90.5 Å². The van der Waals surface area contributed by atoms with Gasteiger partial charge in [0.05, 0.1) is 59.5 Å². The lowest BCUT2D eigenvalue weighted by Gasteiger charge is -2.18. The quantitative estimate of drug-likeness (QED) is 0.0155. The second-order valence-electron chi connectivity index (χ2n) is 30.9. The van der Waals surface area contributed by atoms with Crippen molar-refractivity contribution in [1.29, 1.82) is 0 Å². The Morgan fingerprint density at radius 3 is 0.364 bits per heavy atom. The first-order valence-corrected chi connectivity index (χ1v) is 52.8. The van der Waals surface area contributed by atoms with Crippen molar-refractivity contribution in [3.63, 3.8) is 0 Å². The summed E-state index contributed by atoms with van der Waals surface area (Å²) < 4.78 is 49.5. The third kappa shape index (κ3) is 85.7. The number of alkyl carbamates (subject to hydrolysis) is 9. The summed E-state index contributed by atoms with van der Waals surface area (Å²) in [5.41, 5.74) is 0. The third-order valence-corrected chi connectivity index (χ3v) is 28.5. The van der Waals surface area contributed by atoms with Gasteiger partial charge in [0.25, 0.3) is 0 Å². The van der Waals surface area contributed by atoms with Gasteiger partial charge in [-0.25, -0.2) is 43.2 Å². The molecule has 9 amide bonds. The van der Waals surface area contributed by atoms with E-state index in [2.05, 4.69) is 82.5 Å². The van der Waals surface area contributed by atoms with E-state index in [9.17, 15) is 43.2 Å². The fourth-order valence-electron chi connectivity index (χ4n) is 13.0. The standard InChI is InChI=1S/C88H172N9O18P3/c1-6-11-16-21-26-35-53-89-80(98)107-62-44-71-116(72-45-63-108-81(99)90-54-36-27-22-17-12-7-2)76-49-67-112-85(103)94-58-40-31-33-42-60-96-87(105)114-69-51-78-118(75-48-66-111-84(102)93-57-39-30-25-20-15-10-5)79-52-70-115-88(106)97-61-43-34-32-41-59-95-86(104)113-68-50-77-117(73-46-64-109-82(100)91-55-37-28-23-18-13-8-3)74-47-65-110-83(101)92-56-38-29-24-19-14-9-4/h6-79H2,1-5H3,(H,89,98)(H,90,99)(H,91,100)(H,92,101)(H,93,102)(H,94,103)(H,95,104)(H,96,105)(H,97,106).